The molecule has 2 aromatic carbocycles. The largest absolute Gasteiger partial charge is 0.508 e. The minimum atomic E-state index is -0.703. The molecule has 164 valence electrons. The van der Waals surface area contributed by atoms with Crippen molar-refractivity contribution < 1.29 is 19.7 Å². The molecular formula is C24H33NO4S. The number of phenolic OH excluding ortho intramolecular Hbond substituents is 1. The molecule has 30 heavy (non-hydrogen) atoms. The number of aromatic hydroxyl groups is 1. The van der Waals surface area contributed by atoms with Crippen LogP contribution in [0.1, 0.15) is 42.9 Å². The number of aliphatic hydroxyl groups is 1. The number of hydrogen-bond acceptors (Lipinski definition) is 6. The zero-order valence-corrected chi connectivity index (χ0v) is 18.8. The average Bonchev–Trinajstić information content (AvgIpc) is 2.78. The Bertz CT molecular complexity index is 791. The number of aliphatic hydroxyl groups excluding tert-OH is 1. The second-order valence-corrected chi connectivity index (χ2v) is 8.53. The molecule has 0 radical (unpaired) electrons. The van der Waals surface area contributed by atoms with E-state index in [1.54, 1.807) is 31.0 Å². The van der Waals surface area contributed by atoms with Crippen molar-refractivity contribution in [2.45, 2.75) is 43.1 Å². The van der Waals surface area contributed by atoms with Crippen LogP contribution in [0.3, 0.4) is 0 Å². The van der Waals surface area contributed by atoms with Gasteiger partial charge in [0.15, 0.2) is 0 Å². The number of likely N-dealkylation sites (tertiary alicyclic amines) is 1. The number of benzene rings is 2. The molecule has 1 aliphatic rings. The van der Waals surface area contributed by atoms with Gasteiger partial charge in [-0.2, -0.15) is 0 Å². The summed E-state index contributed by atoms with van der Waals surface area (Å²) >= 11 is 1.62. The maximum absolute atomic E-state index is 11.1. The van der Waals surface area contributed by atoms with Crippen LogP contribution in [0.4, 0.5) is 0 Å². The lowest BCUT2D eigenvalue weighted by Crippen LogP contribution is -2.33. The summed E-state index contributed by atoms with van der Waals surface area (Å²) in [4.78, 5) is 3.46. The van der Waals surface area contributed by atoms with Gasteiger partial charge < -0.3 is 19.7 Å². The molecule has 0 spiro atoms. The summed E-state index contributed by atoms with van der Waals surface area (Å²) in [5.74, 6) is 1.63. The van der Waals surface area contributed by atoms with Crippen LogP contribution >= 0.6 is 11.8 Å². The number of ether oxygens (including phenoxy) is 2. The Morgan fingerprint density at radius 2 is 1.80 bits per heavy atom. The lowest BCUT2D eigenvalue weighted by Gasteiger charge is -2.27. The van der Waals surface area contributed by atoms with E-state index in [9.17, 15) is 10.2 Å². The van der Waals surface area contributed by atoms with Crippen molar-refractivity contribution in [3.63, 3.8) is 0 Å². The smallest absolute Gasteiger partial charge is 0.142 e. The SMILES string of the molecule is COc1ccc(SC)c(OCCN2CCCCC2)c1C(O)CCc1ccc(O)cc1. The molecule has 1 atom stereocenters. The van der Waals surface area contributed by atoms with E-state index in [-0.39, 0.29) is 5.75 Å². The molecule has 1 saturated heterocycles. The first-order valence-corrected chi connectivity index (χ1v) is 11.9. The number of methoxy groups -OCH3 is 1. The zero-order chi connectivity index (χ0) is 21.3. The Morgan fingerprint density at radius 1 is 1.07 bits per heavy atom. The first-order chi connectivity index (χ1) is 14.6. The van der Waals surface area contributed by atoms with Crippen LogP contribution in [0, 0.1) is 0 Å². The summed E-state index contributed by atoms with van der Waals surface area (Å²) in [6.07, 6.45) is 6.40. The maximum Gasteiger partial charge on any atom is 0.142 e. The summed E-state index contributed by atoms with van der Waals surface area (Å²) in [5.41, 5.74) is 1.79. The Labute approximate surface area is 184 Å². The second kappa shape index (κ2) is 11.5. The third kappa shape index (κ3) is 6.06. The number of nitrogens with zero attached hydrogens (tertiary/aromatic N) is 1. The fourth-order valence-corrected chi connectivity index (χ4v) is 4.49. The van der Waals surface area contributed by atoms with Gasteiger partial charge in [-0.05, 0) is 74.9 Å². The van der Waals surface area contributed by atoms with Crippen LogP contribution in [-0.2, 0) is 6.42 Å². The number of rotatable bonds is 10. The van der Waals surface area contributed by atoms with Gasteiger partial charge in [-0.15, -0.1) is 11.8 Å². The molecule has 1 unspecified atom stereocenters. The predicted molar refractivity (Wildman–Crippen MR) is 122 cm³/mol. The van der Waals surface area contributed by atoms with Crippen LogP contribution < -0.4 is 9.47 Å². The molecule has 2 aromatic rings. The van der Waals surface area contributed by atoms with Crippen LogP contribution in [0.5, 0.6) is 17.2 Å². The van der Waals surface area contributed by atoms with Gasteiger partial charge in [0.25, 0.3) is 0 Å². The van der Waals surface area contributed by atoms with Gasteiger partial charge in [-0.25, -0.2) is 0 Å². The normalized spacial score (nSPS) is 15.7. The topological polar surface area (TPSA) is 62.2 Å². The second-order valence-electron chi connectivity index (χ2n) is 7.68. The predicted octanol–water partition coefficient (Wildman–Crippen LogP) is 4.65. The molecule has 0 bridgehead atoms. The molecular weight excluding hydrogens is 398 g/mol. The van der Waals surface area contributed by atoms with Crippen molar-refractivity contribution in [2.75, 3.05) is 39.6 Å². The molecule has 6 heteroatoms. The van der Waals surface area contributed by atoms with Crippen LogP contribution in [-0.4, -0.2) is 54.7 Å². The van der Waals surface area contributed by atoms with E-state index in [1.807, 2.05) is 30.5 Å². The number of phenols is 1. The molecule has 2 N–H and O–H groups in total. The van der Waals surface area contributed by atoms with Crippen molar-refractivity contribution in [3.05, 3.63) is 47.5 Å². The van der Waals surface area contributed by atoms with Crippen LogP contribution in [0.25, 0.3) is 0 Å². The fraction of sp³-hybridized carbons (Fsp3) is 0.500. The highest BCUT2D eigenvalue weighted by Crippen LogP contribution is 2.42. The van der Waals surface area contributed by atoms with Crippen molar-refractivity contribution in [3.8, 4) is 17.2 Å². The van der Waals surface area contributed by atoms with Crippen molar-refractivity contribution >= 4 is 11.8 Å². The van der Waals surface area contributed by atoms with Crippen molar-refractivity contribution in [2.24, 2.45) is 0 Å². The van der Waals surface area contributed by atoms with Crippen molar-refractivity contribution in [1.29, 1.82) is 0 Å². The molecule has 1 heterocycles. The highest BCUT2D eigenvalue weighted by atomic mass is 32.2. The van der Waals surface area contributed by atoms with Gasteiger partial charge in [-0.1, -0.05) is 18.6 Å². The molecule has 3 rings (SSSR count). The van der Waals surface area contributed by atoms with E-state index in [0.29, 0.717) is 25.2 Å². The molecule has 0 amide bonds. The fourth-order valence-electron chi connectivity index (χ4n) is 3.93. The maximum atomic E-state index is 11.1. The third-order valence-corrected chi connectivity index (χ3v) is 6.40. The highest BCUT2D eigenvalue weighted by molar-refractivity contribution is 7.98. The van der Waals surface area contributed by atoms with Gasteiger partial charge in [0.2, 0.25) is 0 Å². The zero-order valence-electron chi connectivity index (χ0n) is 18.0. The summed E-state index contributed by atoms with van der Waals surface area (Å²) in [7, 11) is 1.63. The molecule has 0 aromatic heterocycles. The minimum Gasteiger partial charge on any atom is -0.508 e. The van der Waals surface area contributed by atoms with E-state index in [2.05, 4.69) is 4.90 Å². The average molecular weight is 432 g/mol. The van der Waals surface area contributed by atoms with Gasteiger partial charge in [-0.3, -0.25) is 4.90 Å². The summed E-state index contributed by atoms with van der Waals surface area (Å²) in [6, 6.07) is 11.0. The van der Waals surface area contributed by atoms with Gasteiger partial charge in [0, 0.05) is 11.4 Å². The number of hydrogen-bond donors (Lipinski definition) is 2. The lowest BCUT2D eigenvalue weighted by atomic mass is 9.99. The Morgan fingerprint density at radius 3 is 2.47 bits per heavy atom. The van der Waals surface area contributed by atoms with Gasteiger partial charge in [0.05, 0.1) is 18.8 Å². The molecule has 0 aliphatic carbocycles. The Kier molecular flexibility index (Phi) is 8.73. The number of aryl methyl sites for hydroxylation is 1. The van der Waals surface area contributed by atoms with Gasteiger partial charge in [0.1, 0.15) is 23.9 Å². The monoisotopic (exact) mass is 431 g/mol. The van der Waals surface area contributed by atoms with Crippen LogP contribution in [0.15, 0.2) is 41.3 Å². The van der Waals surface area contributed by atoms with E-state index in [0.717, 1.165) is 41.4 Å². The van der Waals surface area contributed by atoms with Crippen molar-refractivity contribution in [1.82, 2.24) is 4.90 Å². The number of thioether (sulfide) groups is 1. The van der Waals surface area contributed by atoms with E-state index in [1.165, 1.54) is 19.3 Å². The molecule has 5 nitrogen and oxygen atoms in total. The Balaban J connectivity index is 1.73. The summed E-state index contributed by atoms with van der Waals surface area (Å²) in [6.45, 7) is 3.77. The van der Waals surface area contributed by atoms with Gasteiger partial charge >= 0.3 is 0 Å². The summed E-state index contributed by atoms with van der Waals surface area (Å²) < 4.78 is 11.8. The molecule has 1 fully saturated rings. The standard InChI is InChI=1S/C24H33NO4S/c1-28-21-12-13-22(30-2)24(29-17-16-25-14-4-3-5-15-25)23(21)20(27)11-8-18-6-9-19(26)10-7-18/h6-7,9-10,12-13,20,26-27H,3-5,8,11,14-17H2,1-2H3. The number of piperidine rings is 1. The quantitative estimate of drug-likeness (QED) is 0.534. The first-order valence-electron chi connectivity index (χ1n) is 10.7. The van der Waals surface area contributed by atoms with E-state index < -0.39 is 6.10 Å². The first kappa shape index (κ1) is 22.8. The molecule has 1 aliphatic heterocycles. The summed E-state index contributed by atoms with van der Waals surface area (Å²) in [5, 5.41) is 20.5. The van der Waals surface area contributed by atoms with Crippen LogP contribution in [0.2, 0.25) is 0 Å². The van der Waals surface area contributed by atoms with E-state index >= 15 is 0 Å². The molecule has 0 saturated carbocycles. The lowest BCUT2D eigenvalue weighted by molar-refractivity contribution is 0.149. The highest BCUT2D eigenvalue weighted by Gasteiger charge is 2.23. The van der Waals surface area contributed by atoms with E-state index in [4.69, 9.17) is 9.47 Å². The Hall–Kier alpha value is -1.89. The minimum absolute atomic E-state index is 0.248. The third-order valence-electron chi connectivity index (χ3n) is 5.64.